The van der Waals surface area contributed by atoms with Crippen molar-refractivity contribution < 1.29 is 4.79 Å². The molecule has 1 aromatic heterocycles. The number of hydrogen-bond donors (Lipinski definition) is 0. The molecule has 1 saturated heterocycles. The van der Waals surface area contributed by atoms with Crippen molar-refractivity contribution in [2.75, 3.05) is 52.4 Å². The molecule has 146 valence electrons. The van der Waals surface area contributed by atoms with Crippen molar-refractivity contribution in [2.24, 2.45) is 0 Å². The summed E-state index contributed by atoms with van der Waals surface area (Å²) in [5.41, 5.74) is 1.15. The van der Waals surface area contributed by atoms with Gasteiger partial charge in [0.05, 0.1) is 6.54 Å². The molecule has 1 fully saturated rings. The summed E-state index contributed by atoms with van der Waals surface area (Å²) in [7, 11) is 0. The predicted octanol–water partition coefficient (Wildman–Crippen LogP) is 2.04. The van der Waals surface area contributed by atoms with Crippen LogP contribution in [0.2, 0.25) is 0 Å². The molecule has 1 aliphatic rings. The highest BCUT2D eigenvalue weighted by Gasteiger charge is 2.20. The summed E-state index contributed by atoms with van der Waals surface area (Å²) in [6.07, 6.45) is 3.93. The number of aromatic nitrogens is 2. The van der Waals surface area contributed by atoms with E-state index in [1.165, 1.54) is 0 Å². The fourth-order valence-corrected chi connectivity index (χ4v) is 3.62. The first-order chi connectivity index (χ1) is 13.2. The Bertz CT molecular complexity index is 702. The maximum atomic E-state index is 12.3. The predicted molar refractivity (Wildman–Crippen MR) is 108 cm³/mol. The van der Waals surface area contributed by atoms with Crippen molar-refractivity contribution in [1.82, 2.24) is 24.3 Å². The largest absolute Gasteiger partial charge is 0.342 e. The zero-order valence-corrected chi connectivity index (χ0v) is 16.5. The first-order valence-electron chi connectivity index (χ1n) is 10.00. The van der Waals surface area contributed by atoms with Gasteiger partial charge < -0.3 is 9.47 Å². The van der Waals surface area contributed by atoms with Gasteiger partial charge in [0.2, 0.25) is 5.91 Å². The van der Waals surface area contributed by atoms with Gasteiger partial charge in [-0.05, 0) is 13.8 Å². The number of carbonyl (C=O) groups excluding carboxylic acids is 1. The van der Waals surface area contributed by atoms with Gasteiger partial charge in [0, 0.05) is 70.3 Å². The molecule has 3 rings (SSSR count). The zero-order valence-electron chi connectivity index (χ0n) is 16.5. The van der Waals surface area contributed by atoms with Crippen LogP contribution < -0.4 is 0 Å². The molecule has 2 aromatic rings. The van der Waals surface area contributed by atoms with Crippen LogP contribution in [-0.4, -0.2) is 82.5 Å². The SMILES string of the molecule is CCN(CC)C(=O)CN1CCN(CCn2ccnc2-c2ccccc2)CC1. The number of benzene rings is 1. The second-order valence-electron chi connectivity index (χ2n) is 6.99. The lowest BCUT2D eigenvalue weighted by Crippen LogP contribution is -2.50. The van der Waals surface area contributed by atoms with Gasteiger partial charge in [-0.25, -0.2) is 4.98 Å². The zero-order chi connectivity index (χ0) is 19.1. The lowest BCUT2D eigenvalue weighted by Gasteiger charge is -2.35. The minimum Gasteiger partial charge on any atom is -0.342 e. The monoisotopic (exact) mass is 369 g/mol. The van der Waals surface area contributed by atoms with Gasteiger partial charge in [0.1, 0.15) is 5.82 Å². The van der Waals surface area contributed by atoms with Crippen molar-refractivity contribution in [2.45, 2.75) is 20.4 Å². The second kappa shape index (κ2) is 9.67. The number of carbonyl (C=O) groups is 1. The van der Waals surface area contributed by atoms with Crippen LogP contribution in [0.4, 0.5) is 0 Å². The molecule has 0 bridgehead atoms. The van der Waals surface area contributed by atoms with E-state index in [1.54, 1.807) is 0 Å². The van der Waals surface area contributed by atoms with Crippen molar-refractivity contribution in [3.8, 4) is 11.4 Å². The average Bonchev–Trinajstić information content (AvgIpc) is 3.18. The third-order valence-electron chi connectivity index (χ3n) is 5.34. The standard InChI is InChI=1S/C21H31N5O/c1-3-25(4-2)20(27)18-24-14-12-23(13-15-24)16-17-26-11-10-22-21(26)19-8-6-5-7-9-19/h5-11H,3-4,12-18H2,1-2H3. The Morgan fingerprint density at radius 2 is 1.67 bits per heavy atom. The molecular formula is C21H31N5O. The summed E-state index contributed by atoms with van der Waals surface area (Å²) < 4.78 is 2.23. The molecule has 0 N–H and O–H groups in total. The Balaban J connectivity index is 1.46. The molecular weight excluding hydrogens is 338 g/mol. The average molecular weight is 370 g/mol. The van der Waals surface area contributed by atoms with Crippen LogP contribution in [0.5, 0.6) is 0 Å². The number of likely N-dealkylation sites (N-methyl/N-ethyl adjacent to an activating group) is 1. The molecule has 0 aliphatic carbocycles. The van der Waals surface area contributed by atoms with E-state index in [-0.39, 0.29) is 5.91 Å². The first kappa shape index (κ1) is 19.6. The van der Waals surface area contributed by atoms with Crippen molar-refractivity contribution in [3.05, 3.63) is 42.7 Å². The van der Waals surface area contributed by atoms with Gasteiger partial charge in [-0.15, -0.1) is 0 Å². The molecule has 0 radical (unpaired) electrons. The van der Waals surface area contributed by atoms with Crippen molar-refractivity contribution >= 4 is 5.91 Å². The Morgan fingerprint density at radius 3 is 2.33 bits per heavy atom. The van der Waals surface area contributed by atoms with E-state index < -0.39 is 0 Å². The number of piperazine rings is 1. The van der Waals surface area contributed by atoms with Gasteiger partial charge in [-0.3, -0.25) is 14.6 Å². The fourth-order valence-electron chi connectivity index (χ4n) is 3.62. The minimum absolute atomic E-state index is 0.249. The fraction of sp³-hybridized carbons (Fsp3) is 0.524. The minimum atomic E-state index is 0.249. The van der Waals surface area contributed by atoms with Crippen LogP contribution in [0, 0.1) is 0 Å². The molecule has 6 heteroatoms. The van der Waals surface area contributed by atoms with E-state index in [0.29, 0.717) is 6.54 Å². The normalized spacial score (nSPS) is 15.8. The summed E-state index contributed by atoms with van der Waals surface area (Å²) >= 11 is 0. The third-order valence-corrected chi connectivity index (χ3v) is 5.34. The number of imidazole rings is 1. The Labute approximate surface area is 162 Å². The molecule has 0 atom stereocenters. The molecule has 1 aliphatic heterocycles. The van der Waals surface area contributed by atoms with E-state index in [2.05, 4.69) is 37.7 Å². The molecule has 0 spiro atoms. The Kier molecular flexibility index (Phi) is 7.01. The van der Waals surface area contributed by atoms with Gasteiger partial charge in [-0.1, -0.05) is 30.3 Å². The van der Waals surface area contributed by atoms with Crippen molar-refractivity contribution in [3.63, 3.8) is 0 Å². The molecule has 6 nitrogen and oxygen atoms in total. The van der Waals surface area contributed by atoms with Crippen molar-refractivity contribution in [1.29, 1.82) is 0 Å². The number of amides is 1. The van der Waals surface area contributed by atoms with Crippen LogP contribution in [0.3, 0.4) is 0 Å². The Morgan fingerprint density at radius 1 is 1.00 bits per heavy atom. The van der Waals surface area contributed by atoms with Gasteiger partial charge in [0.25, 0.3) is 0 Å². The molecule has 1 aromatic carbocycles. The quantitative estimate of drug-likeness (QED) is 0.714. The Hall–Kier alpha value is -2.18. The van der Waals surface area contributed by atoms with Gasteiger partial charge in [-0.2, -0.15) is 0 Å². The molecule has 1 amide bonds. The van der Waals surface area contributed by atoms with Crippen LogP contribution in [-0.2, 0) is 11.3 Å². The highest BCUT2D eigenvalue weighted by Crippen LogP contribution is 2.16. The number of nitrogens with zero attached hydrogens (tertiary/aromatic N) is 5. The van der Waals surface area contributed by atoms with E-state index in [9.17, 15) is 4.79 Å². The van der Waals surface area contributed by atoms with Crippen LogP contribution in [0.25, 0.3) is 11.4 Å². The first-order valence-corrected chi connectivity index (χ1v) is 10.00. The summed E-state index contributed by atoms with van der Waals surface area (Å²) in [6, 6.07) is 10.3. The lowest BCUT2D eigenvalue weighted by molar-refractivity contribution is -0.132. The molecule has 0 unspecified atom stereocenters. The second-order valence-corrected chi connectivity index (χ2v) is 6.99. The summed E-state index contributed by atoms with van der Waals surface area (Å²) in [4.78, 5) is 23.5. The molecule has 2 heterocycles. The number of hydrogen-bond acceptors (Lipinski definition) is 4. The van der Waals surface area contributed by atoms with E-state index in [1.807, 2.05) is 43.1 Å². The summed E-state index contributed by atoms with van der Waals surface area (Å²) in [6.45, 7) is 12.1. The van der Waals surface area contributed by atoms with Gasteiger partial charge in [0.15, 0.2) is 0 Å². The van der Waals surface area contributed by atoms with E-state index in [4.69, 9.17) is 0 Å². The molecule has 0 saturated carbocycles. The summed E-state index contributed by atoms with van der Waals surface area (Å²) in [5, 5.41) is 0. The van der Waals surface area contributed by atoms with Crippen LogP contribution >= 0.6 is 0 Å². The van der Waals surface area contributed by atoms with E-state index in [0.717, 1.165) is 63.7 Å². The maximum Gasteiger partial charge on any atom is 0.236 e. The van der Waals surface area contributed by atoms with Gasteiger partial charge >= 0.3 is 0 Å². The highest BCUT2D eigenvalue weighted by molar-refractivity contribution is 5.78. The molecule has 27 heavy (non-hydrogen) atoms. The highest BCUT2D eigenvalue weighted by atomic mass is 16.2. The van der Waals surface area contributed by atoms with Crippen LogP contribution in [0.1, 0.15) is 13.8 Å². The van der Waals surface area contributed by atoms with Crippen LogP contribution in [0.15, 0.2) is 42.7 Å². The topological polar surface area (TPSA) is 44.6 Å². The summed E-state index contributed by atoms with van der Waals surface area (Å²) in [5.74, 6) is 1.28. The lowest BCUT2D eigenvalue weighted by atomic mass is 10.2. The number of rotatable bonds is 8. The smallest absolute Gasteiger partial charge is 0.236 e. The third kappa shape index (κ3) is 5.17. The van der Waals surface area contributed by atoms with E-state index >= 15 is 0 Å². The maximum absolute atomic E-state index is 12.3.